The second-order valence-corrected chi connectivity index (χ2v) is 5.93. The Morgan fingerprint density at radius 2 is 1.81 bits per heavy atom. The van der Waals surface area contributed by atoms with Crippen molar-refractivity contribution in [2.24, 2.45) is 0 Å². The highest BCUT2D eigenvalue weighted by atomic mass is 16.6. The molecule has 27 heavy (non-hydrogen) atoms. The molecule has 1 amide bonds. The summed E-state index contributed by atoms with van der Waals surface area (Å²) in [4.78, 5) is 36.6. The summed E-state index contributed by atoms with van der Waals surface area (Å²) in [5.74, 6) is -2.15. The summed E-state index contributed by atoms with van der Waals surface area (Å²) in [5, 5.41) is 31.1. The third-order valence-corrected chi connectivity index (χ3v) is 4.32. The summed E-state index contributed by atoms with van der Waals surface area (Å²) in [7, 11) is 0. The van der Waals surface area contributed by atoms with E-state index in [0.29, 0.717) is 11.1 Å². The quantitative estimate of drug-likeness (QED) is 0.274. The van der Waals surface area contributed by atoms with Gasteiger partial charge in [0.05, 0.1) is 23.1 Å². The van der Waals surface area contributed by atoms with Crippen LogP contribution in [0.1, 0.15) is 17.2 Å². The Labute approximate surface area is 154 Å². The number of β-amino-alcohol motifs (C(OH)–C–C–N with tert-alkyl or cyclic N) is 1. The molecule has 3 rings (SSSR count). The predicted molar refractivity (Wildman–Crippen MR) is 95.6 cm³/mol. The fourth-order valence-electron chi connectivity index (χ4n) is 3.12. The Hall–Kier alpha value is -3.52. The summed E-state index contributed by atoms with van der Waals surface area (Å²) >= 11 is 0. The van der Waals surface area contributed by atoms with Crippen molar-refractivity contribution in [3.63, 3.8) is 0 Å². The minimum atomic E-state index is -1.03. The lowest BCUT2D eigenvalue weighted by Gasteiger charge is -2.24. The molecule has 0 radical (unpaired) electrons. The summed E-state index contributed by atoms with van der Waals surface area (Å²) in [5.41, 5.74) is 0.270. The number of likely N-dealkylation sites (tertiary alicyclic amines) is 1. The molecular weight excluding hydrogens is 352 g/mol. The molecule has 1 aliphatic rings. The largest absolute Gasteiger partial charge is 0.507 e. The van der Waals surface area contributed by atoms with Crippen LogP contribution in [0, 0.1) is 10.1 Å². The van der Waals surface area contributed by atoms with Crippen LogP contribution in [0.5, 0.6) is 0 Å². The maximum absolute atomic E-state index is 12.6. The average molecular weight is 368 g/mol. The standard InChI is InChI=1S/C19H16N2O6/c22-10-9-20-16(13-7-4-8-14(11-13)21(26)27)15(18(24)19(20)25)17(23)12-5-2-1-3-6-12/h1-8,11,16,22-23H,9-10H2/t16-/m0/s1. The first-order chi connectivity index (χ1) is 13.0. The van der Waals surface area contributed by atoms with Gasteiger partial charge in [-0.3, -0.25) is 19.7 Å². The second-order valence-electron chi connectivity index (χ2n) is 5.93. The first-order valence-electron chi connectivity index (χ1n) is 8.14. The highest BCUT2D eigenvalue weighted by molar-refractivity contribution is 6.46. The van der Waals surface area contributed by atoms with Crippen LogP contribution < -0.4 is 0 Å². The van der Waals surface area contributed by atoms with Crippen LogP contribution in [0.15, 0.2) is 60.2 Å². The van der Waals surface area contributed by atoms with Gasteiger partial charge in [-0.1, -0.05) is 42.5 Å². The first kappa shape index (κ1) is 18.3. The number of hydrogen-bond acceptors (Lipinski definition) is 6. The normalized spacial score (nSPS) is 18.7. The average Bonchev–Trinajstić information content (AvgIpc) is 2.93. The van der Waals surface area contributed by atoms with Crippen molar-refractivity contribution < 1.29 is 24.7 Å². The zero-order valence-electron chi connectivity index (χ0n) is 14.1. The number of non-ortho nitro benzene ring substituents is 1. The Kier molecular flexibility index (Phi) is 5.00. The van der Waals surface area contributed by atoms with Crippen molar-refractivity contribution in [2.75, 3.05) is 13.2 Å². The number of carbonyl (C=O) groups excluding carboxylic acids is 2. The molecule has 0 unspecified atom stereocenters. The Balaban J connectivity index is 2.21. The minimum absolute atomic E-state index is 0.149. The topological polar surface area (TPSA) is 121 Å². The van der Waals surface area contributed by atoms with E-state index in [9.17, 15) is 29.9 Å². The molecule has 1 saturated heterocycles. The minimum Gasteiger partial charge on any atom is -0.507 e. The maximum atomic E-state index is 12.6. The fourth-order valence-corrected chi connectivity index (χ4v) is 3.12. The summed E-state index contributed by atoms with van der Waals surface area (Å²) < 4.78 is 0. The lowest BCUT2D eigenvalue weighted by Crippen LogP contribution is -2.32. The number of hydrogen-bond donors (Lipinski definition) is 2. The van der Waals surface area contributed by atoms with Crippen molar-refractivity contribution in [3.8, 4) is 0 Å². The van der Waals surface area contributed by atoms with E-state index >= 15 is 0 Å². The molecule has 1 aliphatic heterocycles. The number of benzene rings is 2. The molecule has 0 aliphatic carbocycles. The van der Waals surface area contributed by atoms with Gasteiger partial charge in [-0.25, -0.2) is 0 Å². The molecule has 0 bridgehead atoms. The molecular formula is C19H16N2O6. The third-order valence-electron chi connectivity index (χ3n) is 4.32. The lowest BCUT2D eigenvalue weighted by molar-refractivity contribution is -0.384. The monoisotopic (exact) mass is 368 g/mol. The Bertz CT molecular complexity index is 938. The van der Waals surface area contributed by atoms with E-state index < -0.39 is 29.3 Å². The lowest BCUT2D eigenvalue weighted by atomic mass is 9.95. The number of nitro benzene ring substituents is 1. The number of carbonyl (C=O) groups is 2. The molecule has 2 aromatic carbocycles. The van der Waals surface area contributed by atoms with Crippen LogP contribution in [-0.4, -0.2) is 44.9 Å². The number of amides is 1. The molecule has 1 heterocycles. The van der Waals surface area contributed by atoms with Crippen molar-refractivity contribution in [1.29, 1.82) is 0 Å². The smallest absolute Gasteiger partial charge is 0.295 e. The van der Waals surface area contributed by atoms with Gasteiger partial charge in [0.2, 0.25) is 0 Å². The van der Waals surface area contributed by atoms with Gasteiger partial charge in [0.15, 0.2) is 0 Å². The zero-order chi connectivity index (χ0) is 19.6. The number of aliphatic hydroxyl groups excluding tert-OH is 2. The van der Waals surface area contributed by atoms with Crippen LogP contribution in [0.25, 0.3) is 5.76 Å². The van der Waals surface area contributed by atoms with Crippen LogP contribution in [-0.2, 0) is 9.59 Å². The van der Waals surface area contributed by atoms with Gasteiger partial charge in [-0.2, -0.15) is 0 Å². The zero-order valence-corrected chi connectivity index (χ0v) is 14.1. The molecule has 1 atom stereocenters. The molecule has 8 nitrogen and oxygen atoms in total. The van der Waals surface area contributed by atoms with Gasteiger partial charge < -0.3 is 15.1 Å². The summed E-state index contributed by atoms with van der Waals surface area (Å²) in [6, 6.07) is 12.7. The van der Waals surface area contributed by atoms with Crippen molar-refractivity contribution in [2.45, 2.75) is 6.04 Å². The number of nitro groups is 1. The molecule has 1 fully saturated rings. The maximum Gasteiger partial charge on any atom is 0.295 e. The molecule has 2 aromatic rings. The van der Waals surface area contributed by atoms with E-state index in [4.69, 9.17) is 0 Å². The van der Waals surface area contributed by atoms with Crippen molar-refractivity contribution in [1.82, 2.24) is 4.90 Å². The molecule has 8 heteroatoms. The van der Waals surface area contributed by atoms with Gasteiger partial charge in [0.1, 0.15) is 5.76 Å². The van der Waals surface area contributed by atoms with Crippen LogP contribution in [0.3, 0.4) is 0 Å². The second kappa shape index (κ2) is 7.38. The summed E-state index contributed by atoms with van der Waals surface area (Å²) in [6.45, 7) is -0.548. The SMILES string of the molecule is O=C1C(=O)N(CCO)[C@@H](c2cccc([N+](=O)[O-])c2)C1=C(O)c1ccccc1. The third kappa shape index (κ3) is 3.30. The van der Waals surface area contributed by atoms with E-state index in [1.807, 2.05) is 0 Å². The number of Topliss-reactive ketones (excluding diaryl/α,β-unsaturated/α-hetero) is 1. The number of ketones is 1. The van der Waals surface area contributed by atoms with Crippen LogP contribution >= 0.6 is 0 Å². The van der Waals surface area contributed by atoms with Crippen LogP contribution in [0.4, 0.5) is 5.69 Å². The molecule has 138 valence electrons. The van der Waals surface area contributed by atoms with Crippen molar-refractivity contribution >= 4 is 23.1 Å². The predicted octanol–water partition coefficient (Wildman–Crippen LogP) is 2.01. The molecule has 0 aromatic heterocycles. The highest BCUT2D eigenvalue weighted by Gasteiger charge is 2.46. The molecule has 0 saturated carbocycles. The number of aliphatic hydroxyl groups is 2. The Morgan fingerprint density at radius 3 is 2.44 bits per heavy atom. The van der Waals surface area contributed by atoms with E-state index in [1.165, 1.54) is 24.3 Å². The fraction of sp³-hybridized carbons (Fsp3) is 0.158. The van der Waals surface area contributed by atoms with E-state index in [1.54, 1.807) is 30.3 Å². The van der Waals surface area contributed by atoms with Gasteiger partial charge >= 0.3 is 0 Å². The van der Waals surface area contributed by atoms with Gasteiger partial charge in [0.25, 0.3) is 17.4 Å². The number of nitrogens with zero attached hydrogens (tertiary/aromatic N) is 2. The highest BCUT2D eigenvalue weighted by Crippen LogP contribution is 2.39. The van der Waals surface area contributed by atoms with Crippen LogP contribution in [0.2, 0.25) is 0 Å². The van der Waals surface area contributed by atoms with E-state index in [2.05, 4.69) is 0 Å². The van der Waals surface area contributed by atoms with Gasteiger partial charge in [0, 0.05) is 24.2 Å². The summed E-state index contributed by atoms with van der Waals surface area (Å²) in [6.07, 6.45) is 0. The van der Waals surface area contributed by atoms with Gasteiger partial charge in [-0.15, -0.1) is 0 Å². The van der Waals surface area contributed by atoms with E-state index in [-0.39, 0.29) is 23.6 Å². The molecule has 2 N–H and O–H groups in total. The first-order valence-corrected chi connectivity index (χ1v) is 8.14. The Morgan fingerprint density at radius 1 is 1.11 bits per heavy atom. The molecule has 0 spiro atoms. The van der Waals surface area contributed by atoms with Gasteiger partial charge in [-0.05, 0) is 5.56 Å². The van der Waals surface area contributed by atoms with Crippen molar-refractivity contribution in [3.05, 3.63) is 81.4 Å². The van der Waals surface area contributed by atoms with E-state index in [0.717, 1.165) is 4.90 Å². The number of rotatable bonds is 5.